The Morgan fingerprint density at radius 3 is 2.15 bits per heavy atom. The molecule has 1 rings (SSSR count). The number of aliphatic carboxylic acids is 1. The lowest BCUT2D eigenvalue weighted by molar-refractivity contribution is -0.223. The molecule has 0 saturated carbocycles. The fraction of sp³-hybridized carbons (Fsp3) is 0.857. The van der Waals surface area contributed by atoms with E-state index in [9.17, 15) is 20.1 Å². The van der Waals surface area contributed by atoms with Gasteiger partial charge in [-0.1, -0.05) is 0 Å². The van der Waals surface area contributed by atoms with Crippen molar-refractivity contribution in [3.05, 3.63) is 0 Å². The first-order valence-electron chi connectivity index (χ1n) is 3.87. The Labute approximate surface area is 74.4 Å². The highest BCUT2D eigenvalue weighted by Gasteiger charge is 2.44. The van der Waals surface area contributed by atoms with Gasteiger partial charge in [0.15, 0.2) is 6.10 Å². The van der Waals surface area contributed by atoms with Crippen LogP contribution < -0.4 is 0 Å². The normalized spacial score (nSPS) is 46.0. The monoisotopic (exact) mass is 192 g/mol. The molecule has 0 amide bonds. The molecule has 0 aromatic carbocycles. The molecule has 0 aromatic rings. The van der Waals surface area contributed by atoms with Crippen LogP contribution in [0.3, 0.4) is 0 Å². The standard InChI is InChI=1S/C7H12O6/c1-2-3(8)4(9)5(10)6(13-2)7(11)12/h2-6,8-10H,1H3,(H,11,12)/t2?,3?,4-,5-,6?/m1/s1. The number of carboxylic acid groups (broad SMARTS) is 1. The second-order valence-corrected chi connectivity index (χ2v) is 3.07. The summed E-state index contributed by atoms with van der Waals surface area (Å²) in [5.74, 6) is -1.36. The highest BCUT2D eigenvalue weighted by molar-refractivity contribution is 5.73. The number of aliphatic hydroxyl groups excluding tert-OH is 3. The third kappa shape index (κ3) is 1.80. The Hall–Kier alpha value is -0.690. The number of aliphatic hydroxyl groups is 3. The molecular formula is C7H12O6. The molecule has 1 aliphatic rings. The average Bonchev–Trinajstić information content (AvgIpc) is 2.07. The maximum atomic E-state index is 10.5. The minimum absolute atomic E-state index is 0.806. The number of carbonyl (C=O) groups is 1. The van der Waals surface area contributed by atoms with E-state index < -0.39 is 36.5 Å². The van der Waals surface area contributed by atoms with Gasteiger partial charge in [-0.15, -0.1) is 0 Å². The van der Waals surface area contributed by atoms with Crippen molar-refractivity contribution in [1.82, 2.24) is 0 Å². The average molecular weight is 192 g/mol. The molecule has 5 atom stereocenters. The molecule has 13 heavy (non-hydrogen) atoms. The summed E-state index contributed by atoms with van der Waals surface area (Å²) < 4.78 is 4.78. The predicted octanol–water partition coefficient (Wildman–Crippen LogP) is -2.06. The first kappa shape index (κ1) is 10.4. The molecule has 3 unspecified atom stereocenters. The number of hydrogen-bond donors (Lipinski definition) is 4. The van der Waals surface area contributed by atoms with Crippen LogP contribution in [-0.2, 0) is 9.53 Å². The van der Waals surface area contributed by atoms with Crippen LogP contribution in [-0.4, -0.2) is 56.9 Å². The molecule has 0 spiro atoms. The number of hydrogen-bond acceptors (Lipinski definition) is 5. The Balaban J connectivity index is 2.76. The van der Waals surface area contributed by atoms with E-state index in [4.69, 9.17) is 9.84 Å². The molecule has 1 saturated heterocycles. The summed E-state index contributed by atoms with van der Waals surface area (Å²) in [6.07, 6.45) is -6.62. The summed E-state index contributed by atoms with van der Waals surface area (Å²) >= 11 is 0. The summed E-state index contributed by atoms with van der Waals surface area (Å²) in [5.41, 5.74) is 0. The Kier molecular flexibility index (Phi) is 2.87. The maximum Gasteiger partial charge on any atom is 0.335 e. The quantitative estimate of drug-likeness (QED) is 0.380. The number of rotatable bonds is 1. The van der Waals surface area contributed by atoms with Crippen molar-refractivity contribution in [2.75, 3.05) is 0 Å². The van der Waals surface area contributed by atoms with Gasteiger partial charge in [0.05, 0.1) is 6.10 Å². The maximum absolute atomic E-state index is 10.5. The molecule has 0 aromatic heterocycles. The van der Waals surface area contributed by atoms with Gasteiger partial charge in [-0.05, 0) is 6.92 Å². The molecule has 0 aliphatic carbocycles. The van der Waals surface area contributed by atoms with Crippen molar-refractivity contribution in [3.63, 3.8) is 0 Å². The van der Waals surface area contributed by atoms with Gasteiger partial charge in [0.1, 0.15) is 18.3 Å². The van der Waals surface area contributed by atoms with E-state index in [2.05, 4.69) is 0 Å². The van der Waals surface area contributed by atoms with Crippen LogP contribution in [0.15, 0.2) is 0 Å². The van der Waals surface area contributed by atoms with E-state index in [0.717, 1.165) is 0 Å². The minimum Gasteiger partial charge on any atom is -0.479 e. The molecule has 76 valence electrons. The van der Waals surface area contributed by atoms with Crippen LogP contribution >= 0.6 is 0 Å². The van der Waals surface area contributed by atoms with Crippen molar-refractivity contribution >= 4 is 5.97 Å². The van der Waals surface area contributed by atoms with E-state index in [-0.39, 0.29) is 0 Å². The van der Waals surface area contributed by atoms with Gasteiger partial charge in [0.2, 0.25) is 0 Å². The highest BCUT2D eigenvalue weighted by Crippen LogP contribution is 2.20. The molecule has 6 heteroatoms. The zero-order valence-electron chi connectivity index (χ0n) is 6.99. The van der Waals surface area contributed by atoms with Crippen LogP contribution in [0, 0.1) is 0 Å². The summed E-state index contributed by atoms with van der Waals surface area (Å²) in [5, 5.41) is 36.1. The van der Waals surface area contributed by atoms with E-state index in [0.29, 0.717) is 0 Å². The zero-order chi connectivity index (χ0) is 10.2. The van der Waals surface area contributed by atoms with Crippen molar-refractivity contribution in [1.29, 1.82) is 0 Å². The van der Waals surface area contributed by atoms with Gasteiger partial charge in [0.25, 0.3) is 0 Å². The van der Waals surface area contributed by atoms with Crippen LogP contribution in [0.1, 0.15) is 6.92 Å². The van der Waals surface area contributed by atoms with Crippen molar-refractivity contribution in [2.24, 2.45) is 0 Å². The minimum atomic E-state index is -1.59. The summed E-state index contributed by atoms with van der Waals surface area (Å²) in [6, 6.07) is 0. The Bertz CT molecular complexity index is 205. The first-order chi connectivity index (χ1) is 5.95. The molecular weight excluding hydrogens is 180 g/mol. The van der Waals surface area contributed by atoms with E-state index in [1.54, 1.807) is 0 Å². The van der Waals surface area contributed by atoms with E-state index in [1.165, 1.54) is 6.92 Å². The molecule has 4 N–H and O–H groups in total. The van der Waals surface area contributed by atoms with Crippen LogP contribution in [0.5, 0.6) is 0 Å². The van der Waals surface area contributed by atoms with Gasteiger partial charge >= 0.3 is 5.97 Å². The lowest BCUT2D eigenvalue weighted by atomic mass is 9.96. The van der Waals surface area contributed by atoms with Crippen molar-refractivity contribution in [3.8, 4) is 0 Å². The largest absolute Gasteiger partial charge is 0.479 e. The fourth-order valence-corrected chi connectivity index (χ4v) is 1.26. The van der Waals surface area contributed by atoms with Gasteiger partial charge in [-0.25, -0.2) is 4.79 Å². The fourth-order valence-electron chi connectivity index (χ4n) is 1.26. The molecule has 6 nitrogen and oxygen atoms in total. The Morgan fingerprint density at radius 1 is 1.15 bits per heavy atom. The second-order valence-electron chi connectivity index (χ2n) is 3.07. The topological polar surface area (TPSA) is 107 Å². The van der Waals surface area contributed by atoms with Gasteiger partial charge in [0, 0.05) is 0 Å². The molecule has 0 bridgehead atoms. The number of ether oxygens (including phenoxy) is 1. The Morgan fingerprint density at radius 2 is 1.69 bits per heavy atom. The van der Waals surface area contributed by atoms with Crippen molar-refractivity contribution < 1.29 is 30.0 Å². The molecule has 1 heterocycles. The highest BCUT2D eigenvalue weighted by atomic mass is 16.6. The SMILES string of the molecule is CC1OC(C(=O)O)[C@H](O)[C@H](O)C1O. The lowest BCUT2D eigenvalue weighted by Crippen LogP contribution is -2.58. The lowest BCUT2D eigenvalue weighted by Gasteiger charge is -2.37. The summed E-state index contributed by atoms with van der Waals surface area (Å²) in [4.78, 5) is 10.5. The predicted molar refractivity (Wildman–Crippen MR) is 40.0 cm³/mol. The van der Waals surface area contributed by atoms with Crippen LogP contribution in [0.25, 0.3) is 0 Å². The van der Waals surface area contributed by atoms with Crippen LogP contribution in [0.2, 0.25) is 0 Å². The van der Waals surface area contributed by atoms with Gasteiger partial charge in [-0.2, -0.15) is 0 Å². The molecule has 0 radical (unpaired) electrons. The van der Waals surface area contributed by atoms with E-state index in [1.807, 2.05) is 0 Å². The second kappa shape index (κ2) is 3.59. The summed E-state index contributed by atoms with van der Waals surface area (Å²) in [6.45, 7) is 1.43. The zero-order valence-corrected chi connectivity index (χ0v) is 6.99. The van der Waals surface area contributed by atoms with Crippen molar-refractivity contribution in [2.45, 2.75) is 37.4 Å². The first-order valence-corrected chi connectivity index (χ1v) is 3.87. The van der Waals surface area contributed by atoms with Gasteiger partial charge in [-0.3, -0.25) is 0 Å². The van der Waals surface area contributed by atoms with E-state index >= 15 is 0 Å². The smallest absolute Gasteiger partial charge is 0.335 e. The van der Waals surface area contributed by atoms with Gasteiger partial charge < -0.3 is 25.2 Å². The molecule has 1 aliphatic heterocycles. The third-order valence-electron chi connectivity index (χ3n) is 2.10. The van der Waals surface area contributed by atoms with Crippen LogP contribution in [0.4, 0.5) is 0 Å². The third-order valence-corrected chi connectivity index (χ3v) is 2.10. The number of carboxylic acids is 1. The molecule has 1 fully saturated rings. The summed E-state index contributed by atoms with van der Waals surface area (Å²) in [7, 11) is 0.